The molecule has 0 saturated heterocycles. The Kier molecular flexibility index (Phi) is 3.85. The van der Waals surface area contributed by atoms with Crippen molar-refractivity contribution in [3.8, 4) is 0 Å². The fraction of sp³-hybridized carbons (Fsp3) is 0.357. The van der Waals surface area contributed by atoms with Gasteiger partial charge >= 0.3 is 6.18 Å². The molecule has 1 aromatic carbocycles. The maximum absolute atomic E-state index is 13.0. The lowest BCUT2D eigenvalue weighted by Gasteiger charge is -2.20. The summed E-state index contributed by atoms with van der Waals surface area (Å²) in [6.07, 6.45) is -2.98. The first-order chi connectivity index (χ1) is 9.32. The van der Waals surface area contributed by atoms with Gasteiger partial charge in [0.05, 0.1) is 23.8 Å². The van der Waals surface area contributed by atoms with Gasteiger partial charge in [0.25, 0.3) is 0 Å². The van der Waals surface area contributed by atoms with Crippen LogP contribution < -0.4 is 0 Å². The van der Waals surface area contributed by atoms with Crippen LogP contribution in [0.25, 0.3) is 0 Å². The number of alkyl halides is 3. The van der Waals surface area contributed by atoms with Gasteiger partial charge in [-0.1, -0.05) is 18.2 Å². The van der Waals surface area contributed by atoms with Crippen molar-refractivity contribution in [2.24, 2.45) is 0 Å². The standard InChI is InChI=1S/C14H15F3N2O/c1-9(2)19-8-18-7-12(19)13(20)10-5-3-4-6-11(10)14(15,16)17/h3-9,13,20H,1-2H3. The molecule has 0 aliphatic carbocycles. The van der Waals surface area contributed by atoms with E-state index in [0.29, 0.717) is 5.69 Å². The molecule has 0 saturated carbocycles. The Morgan fingerprint density at radius 1 is 1.20 bits per heavy atom. The fourth-order valence-electron chi connectivity index (χ4n) is 2.11. The van der Waals surface area contributed by atoms with Crippen LogP contribution >= 0.6 is 0 Å². The Bertz CT molecular complexity index is 590. The molecule has 20 heavy (non-hydrogen) atoms. The summed E-state index contributed by atoms with van der Waals surface area (Å²) in [5.41, 5.74) is -0.650. The van der Waals surface area contributed by atoms with Crippen LogP contribution in [0.5, 0.6) is 0 Å². The quantitative estimate of drug-likeness (QED) is 0.935. The average molecular weight is 284 g/mol. The van der Waals surface area contributed by atoms with Gasteiger partial charge in [-0.2, -0.15) is 13.2 Å². The van der Waals surface area contributed by atoms with Gasteiger partial charge in [0, 0.05) is 6.04 Å². The molecule has 1 unspecified atom stereocenters. The number of benzene rings is 1. The number of hydrogen-bond donors (Lipinski definition) is 1. The molecule has 0 fully saturated rings. The van der Waals surface area contributed by atoms with Crippen LogP contribution in [-0.2, 0) is 6.18 Å². The summed E-state index contributed by atoms with van der Waals surface area (Å²) in [5, 5.41) is 10.3. The second-order valence-electron chi connectivity index (χ2n) is 4.81. The molecule has 0 aliphatic rings. The highest BCUT2D eigenvalue weighted by atomic mass is 19.4. The highest BCUT2D eigenvalue weighted by Crippen LogP contribution is 2.36. The van der Waals surface area contributed by atoms with E-state index in [4.69, 9.17) is 0 Å². The number of nitrogens with zero attached hydrogens (tertiary/aromatic N) is 2. The summed E-state index contributed by atoms with van der Waals surface area (Å²) < 4.78 is 40.6. The van der Waals surface area contributed by atoms with E-state index in [2.05, 4.69) is 4.98 Å². The third-order valence-corrected chi connectivity index (χ3v) is 3.09. The molecular formula is C14H15F3N2O. The number of aliphatic hydroxyl groups excluding tert-OH is 1. The lowest BCUT2D eigenvalue weighted by atomic mass is 10.00. The molecule has 2 aromatic rings. The Morgan fingerprint density at radius 3 is 2.45 bits per heavy atom. The average Bonchev–Trinajstić information content (AvgIpc) is 2.86. The van der Waals surface area contributed by atoms with Crippen LogP contribution in [0.2, 0.25) is 0 Å². The van der Waals surface area contributed by atoms with E-state index in [1.807, 2.05) is 13.8 Å². The lowest BCUT2D eigenvalue weighted by molar-refractivity contribution is -0.139. The van der Waals surface area contributed by atoms with Crippen LogP contribution in [0.4, 0.5) is 13.2 Å². The van der Waals surface area contributed by atoms with E-state index in [1.54, 1.807) is 4.57 Å². The number of halogens is 3. The Morgan fingerprint density at radius 2 is 1.85 bits per heavy atom. The highest BCUT2D eigenvalue weighted by Gasteiger charge is 2.35. The fourth-order valence-corrected chi connectivity index (χ4v) is 2.11. The largest absolute Gasteiger partial charge is 0.416 e. The van der Waals surface area contributed by atoms with Crippen LogP contribution in [0, 0.1) is 0 Å². The molecule has 6 heteroatoms. The molecule has 1 N–H and O–H groups in total. The Balaban J connectivity index is 2.49. The molecule has 108 valence electrons. The zero-order valence-corrected chi connectivity index (χ0v) is 11.1. The number of aliphatic hydroxyl groups is 1. The Labute approximate surface area is 114 Å². The normalized spacial score (nSPS) is 13.8. The zero-order chi connectivity index (χ0) is 14.9. The van der Waals surface area contributed by atoms with Crippen molar-refractivity contribution in [1.82, 2.24) is 9.55 Å². The van der Waals surface area contributed by atoms with Crippen LogP contribution in [0.1, 0.15) is 42.8 Å². The van der Waals surface area contributed by atoms with Crippen molar-refractivity contribution in [2.45, 2.75) is 32.2 Å². The third kappa shape index (κ3) is 2.70. The third-order valence-electron chi connectivity index (χ3n) is 3.09. The first-order valence-corrected chi connectivity index (χ1v) is 6.18. The summed E-state index contributed by atoms with van der Waals surface area (Å²) in [6, 6.07) is 5.03. The molecule has 0 bridgehead atoms. The van der Waals surface area contributed by atoms with Gasteiger partial charge < -0.3 is 9.67 Å². The van der Waals surface area contributed by atoms with E-state index < -0.39 is 17.8 Å². The molecular weight excluding hydrogens is 269 g/mol. The molecule has 3 nitrogen and oxygen atoms in total. The second-order valence-corrected chi connectivity index (χ2v) is 4.81. The maximum atomic E-state index is 13.0. The van der Waals surface area contributed by atoms with Gasteiger partial charge in [0.2, 0.25) is 0 Å². The van der Waals surface area contributed by atoms with Crippen molar-refractivity contribution >= 4 is 0 Å². The van der Waals surface area contributed by atoms with E-state index in [1.165, 1.54) is 30.7 Å². The second kappa shape index (κ2) is 5.28. The highest BCUT2D eigenvalue weighted by molar-refractivity contribution is 5.35. The van der Waals surface area contributed by atoms with Crippen molar-refractivity contribution < 1.29 is 18.3 Å². The topological polar surface area (TPSA) is 38.0 Å². The molecule has 0 spiro atoms. The summed E-state index contributed by atoms with van der Waals surface area (Å²) in [7, 11) is 0. The predicted molar refractivity (Wildman–Crippen MR) is 68.1 cm³/mol. The smallest absolute Gasteiger partial charge is 0.382 e. The van der Waals surface area contributed by atoms with Crippen molar-refractivity contribution in [1.29, 1.82) is 0 Å². The predicted octanol–water partition coefficient (Wildman–Crippen LogP) is 3.56. The molecule has 1 atom stereocenters. The SMILES string of the molecule is CC(C)n1cncc1C(O)c1ccccc1C(F)(F)F. The summed E-state index contributed by atoms with van der Waals surface area (Å²) in [6.45, 7) is 3.74. The summed E-state index contributed by atoms with van der Waals surface area (Å²) in [4.78, 5) is 3.90. The monoisotopic (exact) mass is 284 g/mol. The van der Waals surface area contributed by atoms with Crippen molar-refractivity contribution in [3.63, 3.8) is 0 Å². The minimum Gasteiger partial charge on any atom is -0.382 e. The molecule has 0 radical (unpaired) electrons. The minimum absolute atomic E-state index is 0.000184. The first kappa shape index (κ1) is 14.6. The van der Waals surface area contributed by atoms with Gasteiger partial charge in [-0.25, -0.2) is 4.98 Å². The van der Waals surface area contributed by atoms with Gasteiger partial charge in [-0.05, 0) is 25.5 Å². The van der Waals surface area contributed by atoms with Crippen LogP contribution in [-0.4, -0.2) is 14.7 Å². The molecule has 2 rings (SSSR count). The van der Waals surface area contributed by atoms with E-state index in [-0.39, 0.29) is 11.6 Å². The van der Waals surface area contributed by atoms with Crippen LogP contribution in [0.15, 0.2) is 36.8 Å². The van der Waals surface area contributed by atoms with E-state index in [9.17, 15) is 18.3 Å². The molecule has 0 aliphatic heterocycles. The number of rotatable bonds is 3. The summed E-state index contributed by atoms with van der Waals surface area (Å²) >= 11 is 0. The van der Waals surface area contributed by atoms with Crippen LogP contribution in [0.3, 0.4) is 0 Å². The number of hydrogen-bond acceptors (Lipinski definition) is 2. The van der Waals surface area contributed by atoms with Gasteiger partial charge in [-0.15, -0.1) is 0 Å². The van der Waals surface area contributed by atoms with Crippen molar-refractivity contribution in [3.05, 3.63) is 53.6 Å². The molecule has 1 aromatic heterocycles. The van der Waals surface area contributed by atoms with Crippen molar-refractivity contribution in [2.75, 3.05) is 0 Å². The van der Waals surface area contributed by atoms with E-state index in [0.717, 1.165) is 6.07 Å². The molecule has 1 heterocycles. The maximum Gasteiger partial charge on any atom is 0.416 e. The zero-order valence-electron chi connectivity index (χ0n) is 11.1. The Hall–Kier alpha value is -1.82. The van der Waals surface area contributed by atoms with E-state index >= 15 is 0 Å². The minimum atomic E-state index is -4.50. The first-order valence-electron chi connectivity index (χ1n) is 6.18. The van der Waals surface area contributed by atoms with Gasteiger partial charge in [-0.3, -0.25) is 0 Å². The van der Waals surface area contributed by atoms with Gasteiger partial charge in [0.15, 0.2) is 0 Å². The lowest BCUT2D eigenvalue weighted by Crippen LogP contribution is -2.15. The van der Waals surface area contributed by atoms with Gasteiger partial charge in [0.1, 0.15) is 6.10 Å². The summed E-state index contributed by atoms with van der Waals surface area (Å²) in [5.74, 6) is 0. The molecule has 0 amide bonds. The number of imidazole rings is 1. The number of aromatic nitrogens is 2.